The number of nitrogens with zero attached hydrogens (tertiary/aromatic N) is 3. The quantitative estimate of drug-likeness (QED) is 0.129. The predicted octanol–water partition coefficient (Wildman–Crippen LogP) is 7.67. The average molecular weight is 643 g/mol. The number of carbonyl (C=O) groups is 1. The number of hydrogen-bond donors (Lipinski definition) is 1. The number of methoxy groups -OCH3 is 2. The van der Waals surface area contributed by atoms with Crippen LogP contribution in [0.15, 0.2) is 139 Å². The minimum atomic E-state index is -0.277. The van der Waals surface area contributed by atoms with Crippen LogP contribution in [-0.2, 0) is 11.2 Å². The second-order valence-electron chi connectivity index (χ2n) is 10.6. The summed E-state index contributed by atoms with van der Waals surface area (Å²) in [5.74, 6) is 3.49. The number of amides is 1. The maximum atomic E-state index is 13.4. The summed E-state index contributed by atoms with van der Waals surface area (Å²) in [5.41, 5.74) is 3.84. The van der Waals surface area contributed by atoms with Crippen LogP contribution in [0.1, 0.15) is 28.6 Å². The van der Waals surface area contributed by atoms with E-state index in [2.05, 4.69) is 15.5 Å². The van der Waals surface area contributed by atoms with Crippen LogP contribution in [-0.4, -0.2) is 40.6 Å². The Morgan fingerprint density at radius 2 is 1.32 bits per heavy atom. The molecule has 5 aromatic carbocycles. The molecule has 8 nitrogen and oxygen atoms in total. The Labute approximate surface area is 278 Å². The highest BCUT2D eigenvalue weighted by atomic mass is 32.2. The van der Waals surface area contributed by atoms with Crippen LogP contribution in [0, 0.1) is 0 Å². The van der Waals surface area contributed by atoms with E-state index in [1.165, 1.54) is 11.8 Å². The Hall–Kier alpha value is -5.54. The summed E-state index contributed by atoms with van der Waals surface area (Å²) in [4.78, 5) is 13.4. The Kier molecular flexibility index (Phi) is 10.1. The molecule has 0 spiro atoms. The third-order valence-electron chi connectivity index (χ3n) is 7.49. The van der Waals surface area contributed by atoms with Crippen LogP contribution in [0.4, 0.5) is 0 Å². The van der Waals surface area contributed by atoms with Crippen molar-refractivity contribution in [1.82, 2.24) is 20.1 Å². The minimum Gasteiger partial charge on any atom is -0.493 e. The Balaban J connectivity index is 1.25. The van der Waals surface area contributed by atoms with Gasteiger partial charge in [-0.25, -0.2) is 0 Å². The number of nitrogens with one attached hydrogen (secondary N) is 1. The molecule has 9 heteroatoms. The van der Waals surface area contributed by atoms with Crippen molar-refractivity contribution < 1.29 is 19.0 Å². The van der Waals surface area contributed by atoms with Gasteiger partial charge in [-0.1, -0.05) is 96.7 Å². The van der Waals surface area contributed by atoms with Gasteiger partial charge in [0.25, 0.3) is 0 Å². The first-order chi connectivity index (χ1) is 23.1. The van der Waals surface area contributed by atoms with E-state index in [4.69, 9.17) is 14.2 Å². The van der Waals surface area contributed by atoms with Crippen molar-refractivity contribution >= 4 is 17.7 Å². The van der Waals surface area contributed by atoms with E-state index < -0.39 is 0 Å². The molecule has 1 aromatic heterocycles. The zero-order chi connectivity index (χ0) is 32.4. The number of benzene rings is 5. The molecule has 0 saturated carbocycles. The maximum Gasteiger partial charge on any atom is 0.231 e. The largest absolute Gasteiger partial charge is 0.493 e. The second-order valence-corrected chi connectivity index (χ2v) is 11.6. The van der Waals surface area contributed by atoms with Crippen molar-refractivity contribution in [3.63, 3.8) is 0 Å². The highest BCUT2D eigenvalue weighted by molar-refractivity contribution is 7.99. The molecule has 0 radical (unpaired) electrons. The fraction of sp³-hybridized carbons (Fsp3) is 0.132. The van der Waals surface area contributed by atoms with E-state index in [-0.39, 0.29) is 17.7 Å². The van der Waals surface area contributed by atoms with Gasteiger partial charge in [0.1, 0.15) is 17.3 Å². The van der Waals surface area contributed by atoms with Gasteiger partial charge in [-0.15, -0.1) is 10.2 Å². The molecule has 236 valence electrons. The molecular weight excluding hydrogens is 609 g/mol. The molecule has 6 rings (SSSR count). The lowest BCUT2D eigenvalue weighted by Crippen LogP contribution is -2.30. The molecule has 0 bridgehead atoms. The van der Waals surface area contributed by atoms with Crippen molar-refractivity contribution in [1.29, 1.82) is 0 Å². The maximum absolute atomic E-state index is 13.4. The van der Waals surface area contributed by atoms with Crippen molar-refractivity contribution in [2.75, 3.05) is 20.0 Å². The molecule has 6 aromatic rings. The summed E-state index contributed by atoms with van der Waals surface area (Å²) in [6.07, 6.45) is 0.479. The van der Waals surface area contributed by atoms with Crippen LogP contribution in [0.2, 0.25) is 0 Å². The Morgan fingerprint density at radius 1 is 0.723 bits per heavy atom. The van der Waals surface area contributed by atoms with E-state index in [0.717, 1.165) is 28.1 Å². The van der Waals surface area contributed by atoms with Gasteiger partial charge in [-0.05, 0) is 65.2 Å². The highest BCUT2D eigenvalue weighted by Gasteiger charge is 2.20. The van der Waals surface area contributed by atoms with Crippen LogP contribution in [0.25, 0.3) is 5.69 Å². The molecular formula is C38H34N4O4S. The standard InChI is InChI=1S/C38H34N4O4S/c1-44-33-23-18-27(24-34(33)45-2)25-35-40-41-38(42(35)30-19-21-32(22-20-30)46-31-16-10-5-11-17-31)47-26-36(43)39-37(28-12-6-3-7-13-28)29-14-8-4-9-15-29/h3-24,37H,25-26H2,1-2H3,(H,39,43). The molecule has 0 saturated heterocycles. The summed E-state index contributed by atoms with van der Waals surface area (Å²) in [7, 11) is 3.23. The second kappa shape index (κ2) is 15.2. The normalized spacial score (nSPS) is 10.9. The van der Waals surface area contributed by atoms with Gasteiger partial charge >= 0.3 is 0 Å². The molecule has 1 amide bonds. The van der Waals surface area contributed by atoms with Gasteiger partial charge in [-0.3, -0.25) is 9.36 Å². The van der Waals surface area contributed by atoms with E-state index in [1.54, 1.807) is 14.2 Å². The van der Waals surface area contributed by atoms with Crippen molar-refractivity contribution in [3.8, 4) is 28.7 Å². The zero-order valence-corrected chi connectivity index (χ0v) is 26.9. The van der Waals surface area contributed by atoms with Crippen LogP contribution < -0.4 is 19.5 Å². The average Bonchev–Trinajstić information content (AvgIpc) is 3.53. The molecule has 0 aliphatic heterocycles. The number of para-hydroxylation sites is 1. The summed E-state index contributed by atoms with van der Waals surface area (Å²) in [6, 6.07) is 42.8. The molecule has 1 heterocycles. The molecule has 0 unspecified atom stereocenters. The van der Waals surface area contributed by atoms with Crippen molar-refractivity contribution in [3.05, 3.63) is 156 Å². The number of hydrogen-bond acceptors (Lipinski definition) is 7. The molecule has 1 N–H and O–H groups in total. The Morgan fingerprint density at radius 3 is 1.94 bits per heavy atom. The van der Waals surface area contributed by atoms with Crippen molar-refractivity contribution in [2.45, 2.75) is 17.6 Å². The van der Waals surface area contributed by atoms with E-state index in [1.807, 2.05) is 138 Å². The van der Waals surface area contributed by atoms with E-state index >= 15 is 0 Å². The van der Waals surface area contributed by atoms with Crippen LogP contribution >= 0.6 is 11.8 Å². The topological polar surface area (TPSA) is 87.5 Å². The monoisotopic (exact) mass is 642 g/mol. The van der Waals surface area contributed by atoms with Gasteiger partial charge in [0.2, 0.25) is 5.91 Å². The van der Waals surface area contributed by atoms with Crippen molar-refractivity contribution in [2.24, 2.45) is 0 Å². The fourth-order valence-electron chi connectivity index (χ4n) is 5.21. The molecule has 0 atom stereocenters. The van der Waals surface area contributed by atoms with Gasteiger partial charge in [0.05, 0.1) is 26.0 Å². The smallest absolute Gasteiger partial charge is 0.231 e. The van der Waals surface area contributed by atoms with Gasteiger partial charge in [-0.2, -0.15) is 0 Å². The zero-order valence-electron chi connectivity index (χ0n) is 26.1. The summed E-state index contributed by atoms with van der Waals surface area (Å²) in [5, 5.41) is 12.9. The minimum absolute atomic E-state index is 0.115. The van der Waals surface area contributed by atoms with Gasteiger partial charge < -0.3 is 19.5 Å². The SMILES string of the molecule is COc1ccc(Cc2nnc(SCC(=O)NC(c3ccccc3)c3ccccc3)n2-c2ccc(Oc3ccccc3)cc2)cc1OC. The number of carbonyl (C=O) groups excluding carboxylic acids is 1. The lowest BCUT2D eigenvalue weighted by atomic mass is 9.99. The number of thioether (sulfide) groups is 1. The molecule has 0 aliphatic rings. The first kappa shape index (κ1) is 31.4. The summed E-state index contributed by atoms with van der Waals surface area (Å²) < 4.78 is 18.9. The van der Waals surface area contributed by atoms with E-state index in [9.17, 15) is 4.79 Å². The lowest BCUT2D eigenvalue weighted by molar-refractivity contribution is -0.119. The first-order valence-corrected chi connectivity index (χ1v) is 16.1. The molecule has 0 aliphatic carbocycles. The summed E-state index contributed by atoms with van der Waals surface area (Å²) in [6.45, 7) is 0. The third-order valence-corrected chi connectivity index (χ3v) is 8.42. The number of ether oxygens (including phenoxy) is 3. The van der Waals surface area contributed by atoms with Gasteiger partial charge in [0, 0.05) is 12.1 Å². The van der Waals surface area contributed by atoms with Crippen LogP contribution in [0.5, 0.6) is 23.0 Å². The van der Waals surface area contributed by atoms with Gasteiger partial charge in [0.15, 0.2) is 16.7 Å². The molecule has 0 fully saturated rings. The predicted molar refractivity (Wildman–Crippen MR) is 184 cm³/mol. The molecule has 47 heavy (non-hydrogen) atoms. The van der Waals surface area contributed by atoms with E-state index in [0.29, 0.717) is 34.7 Å². The lowest BCUT2D eigenvalue weighted by Gasteiger charge is -2.20. The summed E-state index contributed by atoms with van der Waals surface area (Å²) >= 11 is 1.34. The number of rotatable bonds is 13. The fourth-order valence-corrected chi connectivity index (χ4v) is 5.99. The highest BCUT2D eigenvalue weighted by Crippen LogP contribution is 2.31. The van der Waals surface area contributed by atoms with Crippen LogP contribution in [0.3, 0.4) is 0 Å². The Bertz CT molecular complexity index is 1860. The first-order valence-electron chi connectivity index (χ1n) is 15.1. The third kappa shape index (κ3) is 7.82. The number of aromatic nitrogens is 3.